The first kappa shape index (κ1) is 16.2. The molecule has 2 atom stereocenters. The normalized spacial score (nSPS) is 22.0. The van der Waals surface area contributed by atoms with Gasteiger partial charge in [0.15, 0.2) is 0 Å². The maximum atomic E-state index is 6.03. The molecule has 122 valence electrons. The predicted octanol–water partition coefficient (Wildman–Crippen LogP) is 3.52. The molecule has 2 aromatic carbocycles. The van der Waals surface area contributed by atoms with Gasteiger partial charge in [-0.15, -0.1) is 0 Å². The van der Waals surface area contributed by atoms with Crippen LogP contribution in [0.3, 0.4) is 0 Å². The van der Waals surface area contributed by atoms with Gasteiger partial charge in [-0.05, 0) is 16.7 Å². The van der Waals surface area contributed by atoms with Crippen LogP contribution in [0, 0.1) is 0 Å². The van der Waals surface area contributed by atoms with Crippen molar-refractivity contribution in [1.82, 2.24) is 0 Å². The highest BCUT2D eigenvalue weighted by molar-refractivity contribution is 5.63. The number of likely N-dealkylation sites (N-methyl/N-ethyl adjacent to an activating group) is 1. The van der Waals surface area contributed by atoms with Crippen molar-refractivity contribution < 1.29 is 14.0 Å². The molecule has 0 saturated carbocycles. The molecule has 0 radical (unpaired) electrons. The summed E-state index contributed by atoms with van der Waals surface area (Å²) in [5.41, 5.74) is 3.66. The Balaban J connectivity index is 1.61. The minimum atomic E-state index is 0.0449. The summed E-state index contributed by atoms with van der Waals surface area (Å²) >= 11 is 0. The van der Waals surface area contributed by atoms with E-state index in [2.05, 4.69) is 69.7 Å². The van der Waals surface area contributed by atoms with Crippen LogP contribution in [0.1, 0.15) is 11.7 Å². The molecule has 23 heavy (non-hydrogen) atoms. The molecule has 3 rings (SSSR count). The lowest BCUT2D eigenvalue weighted by atomic mass is 10.0. The van der Waals surface area contributed by atoms with Gasteiger partial charge in [0.05, 0.1) is 34.4 Å². The summed E-state index contributed by atoms with van der Waals surface area (Å²) in [7, 11) is 6.53. The summed E-state index contributed by atoms with van der Waals surface area (Å²) in [6.07, 6.45) is 0.235. The van der Waals surface area contributed by atoms with Crippen LogP contribution >= 0.6 is 0 Å². The van der Waals surface area contributed by atoms with Crippen molar-refractivity contribution in [2.24, 2.45) is 0 Å². The minimum Gasteiger partial charge on any atom is -0.368 e. The molecule has 1 heterocycles. The van der Waals surface area contributed by atoms with Gasteiger partial charge in [-0.25, -0.2) is 0 Å². The van der Waals surface area contributed by atoms with Crippen LogP contribution in [0.2, 0.25) is 0 Å². The average Bonchev–Trinajstić information content (AvgIpc) is 2.55. The Hall–Kier alpha value is -1.68. The third kappa shape index (κ3) is 4.41. The van der Waals surface area contributed by atoms with Gasteiger partial charge in [-0.3, -0.25) is 0 Å². The summed E-state index contributed by atoms with van der Waals surface area (Å²) in [6, 6.07) is 19.0. The van der Waals surface area contributed by atoms with Crippen molar-refractivity contribution in [3.63, 3.8) is 0 Å². The lowest BCUT2D eigenvalue weighted by molar-refractivity contribution is -0.874. The van der Waals surface area contributed by atoms with Gasteiger partial charge in [0.25, 0.3) is 0 Å². The largest absolute Gasteiger partial charge is 0.368 e. The Kier molecular flexibility index (Phi) is 4.81. The van der Waals surface area contributed by atoms with Crippen LogP contribution in [-0.4, -0.2) is 51.5 Å². The lowest BCUT2D eigenvalue weighted by Crippen LogP contribution is -2.46. The molecule has 1 aliphatic heterocycles. The van der Waals surface area contributed by atoms with Gasteiger partial charge < -0.3 is 14.0 Å². The van der Waals surface area contributed by atoms with Crippen LogP contribution in [0.25, 0.3) is 11.1 Å². The second-order valence-electron chi connectivity index (χ2n) is 7.24. The standard InChI is InChI=1S/C20H26NO2/c1-21(2,3)13-19-14-23-20(15-22-19)18-11-9-17(10-12-18)16-7-5-4-6-8-16/h4-12,19-20H,13-15H2,1-3H3/q+1/t19-,20-/m1/s1. The maximum absolute atomic E-state index is 6.03. The molecule has 0 aromatic heterocycles. The fraction of sp³-hybridized carbons (Fsp3) is 0.400. The molecule has 0 spiro atoms. The molecule has 0 amide bonds. The molecule has 2 aromatic rings. The van der Waals surface area contributed by atoms with Gasteiger partial charge in [0.1, 0.15) is 18.8 Å². The second kappa shape index (κ2) is 6.83. The number of benzene rings is 2. The second-order valence-corrected chi connectivity index (χ2v) is 7.24. The van der Waals surface area contributed by atoms with Crippen molar-refractivity contribution in [3.8, 4) is 11.1 Å². The van der Waals surface area contributed by atoms with E-state index >= 15 is 0 Å². The van der Waals surface area contributed by atoms with Crippen LogP contribution in [0.5, 0.6) is 0 Å². The van der Waals surface area contributed by atoms with Gasteiger partial charge in [0, 0.05) is 0 Å². The van der Waals surface area contributed by atoms with Crippen LogP contribution in [0.4, 0.5) is 0 Å². The third-order valence-electron chi connectivity index (χ3n) is 4.11. The summed E-state index contributed by atoms with van der Waals surface area (Å²) in [6.45, 7) is 2.27. The predicted molar refractivity (Wildman–Crippen MR) is 93.2 cm³/mol. The highest BCUT2D eigenvalue weighted by Gasteiger charge is 2.27. The Morgan fingerprint density at radius 3 is 2.04 bits per heavy atom. The Labute approximate surface area is 139 Å². The molecule has 0 N–H and O–H groups in total. The van der Waals surface area contributed by atoms with E-state index in [1.165, 1.54) is 16.7 Å². The third-order valence-corrected chi connectivity index (χ3v) is 4.11. The molecule has 1 aliphatic rings. The number of ether oxygens (including phenoxy) is 2. The van der Waals surface area contributed by atoms with E-state index in [0.29, 0.717) is 13.2 Å². The fourth-order valence-corrected chi connectivity index (χ4v) is 2.97. The molecule has 0 unspecified atom stereocenters. The molecule has 0 aliphatic carbocycles. The first-order valence-electron chi connectivity index (χ1n) is 8.20. The number of hydrogen-bond acceptors (Lipinski definition) is 2. The van der Waals surface area contributed by atoms with Crippen molar-refractivity contribution in [2.75, 3.05) is 40.9 Å². The number of nitrogens with zero attached hydrogens (tertiary/aromatic N) is 1. The maximum Gasteiger partial charge on any atom is 0.130 e. The van der Waals surface area contributed by atoms with Crippen molar-refractivity contribution >= 4 is 0 Å². The van der Waals surface area contributed by atoms with Crippen molar-refractivity contribution in [1.29, 1.82) is 0 Å². The monoisotopic (exact) mass is 312 g/mol. The molecule has 0 bridgehead atoms. The number of hydrogen-bond donors (Lipinski definition) is 0. The summed E-state index contributed by atoms with van der Waals surface area (Å²) in [5.74, 6) is 0. The smallest absolute Gasteiger partial charge is 0.130 e. The quantitative estimate of drug-likeness (QED) is 0.804. The zero-order valence-electron chi connectivity index (χ0n) is 14.2. The van der Waals surface area contributed by atoms with Crippen LogP contribution < -0.4 is 0 Å². The molecular formula is C20H26NO2+. The summed E-state index contributed by atoms with van der Waals surface area (Å²) in [4.78, 5) is 0. The molecule has 3 heteroatoms. The van der Waals surface area contributed by atoms with E-state index in [4.69, 9.17) is 9.47 Å². The van der Waals surface area contributed by atoms with E-state index in [1.54, 1.807) is 0 Å². The first-order chi connectivity index (χ1) is 11.0. The van der Waals surface area contributed by atoms with Crippen LogP contribution in [-0.2, 0) is 9.47 Å². The number of rotatable bonds is 4. The first-order valence-corrected chi connectivity index (χ1v) is 8.20. The highest BCUT2D eigenvalue weighted by Crippen LogP contribution is 2.26. The molecular weight excluding hydrogens is 286 g/mol. The molecule has 3 nitrogen and oxygen atoms in total. The van der Waals surface area contributed by atoms with E-state index in [1.807, 2.05) is 6.07 Å². The molecule has 1 fully saturated rings. The Bertz CT molecular complexity index is 608. The summed E-state index contributed by atoms with van der Waals surface area (Å²) < 4.78 is 12.9. The SMILES string of the molecule is C[N+](C)(C)C[C@@H]1CO[C@@H](c2ccc(-c3ccccc3)cc2)CO1. The number of quaternary nitrogens is 1. The van der Waals surface area contributed by atoms with Gasteiger partial charge in [-0.2, -0.15) is 0 Å². The van der Waals surface area contributed by atoms with Crippen LogP contribution in [0.15, 0.2) is 54.6 Å². The average molecular weight is 312 g/mol. The van der Waals surface area contributed by atoms with E-state index in [9.17, 15) is 0 Å². The van der Waals surface area contributed by atoms with Gasteiger partial charge in [-0.1, -0.05) is 54.6 Å². The fourth-order valence-electron chi connectivity index (χ4n) is 2.97. The van der Waals surface area contributed by atoms with E-state index < -0.39 is 0 Å². The van der Waals surface area contributed by atoms with Crippen molar-refractivity contribution in [3.05, 3.63) is 60.2 Å². The Morgan fingerprint density at radius 1 is 0.826 bits per heavy atom. The Morgan fingerprint density at radius 2 is 1.48 bits per heavy atom. The topological polar surface area (TPSA) is 18.5 Å². The zero-order valence-corrected chi connectivity index (χ0v) is 14.2. The zero-order chi connectivity index (χ0) is 16.3. The molecule has 1 saturated heterocycles. The lowest BCUT2D eigenvalue weighted by Gasteiger charge is -2.34. The highest BCUT2D eigenvalue weighted by atomic mass is 16.6. The van der Waals surface area contributed by atoms with E-state index in [-0.39, 0.29) is 12.2 Å². The van der Waals surface area contributed by atoms with Crippen molar-refractivity contribution in [2.45, 2.75) is 12.2 Å². The van der Waals surface area contributed by atoms with Gasteiger partial charge >= 0.3 is 0 Å². The van der Waals surface area contributed by atoms with E-state index in [0.717, 1.165) is 11.0 Å². The minimum absolute atomic E-state index is 0.0449. The summed E-state index contributed by atoms with van der Waals surface area (Å²) in [5, 5.41) is 0. The van der Waals surface area contributed by atoms with Gasteiger partial charge in [0.2, 0.25) is 0 Å².